The van der Waals surface area contributed by atoms with Crippen molar-refractivity contribution in [3.8, 4) is 11.5 Å². The van der Waals surface area contributed by atoms with Gasteiger partial charge in [-0.05, 0) is 31.0 Å². The zero-order valence-corrected chi connectivity index (χ0v) is 14.5. The molecule has 0 amide bonds. The van der Waals surface area contributed by atoms with Crippen LogP contribution in [0.5, 0.6) is 11.5 Å². The SMILES string of the molecule is COc1cc(CN2CC[C@@H](Nc3nc(C)ns3)C2)cc(OC)c1. The van der Waals surface area contributed by atoms with E-state index in [0.717, 1.165) is 48.5 Å². The molecule has 0 spiro atoms. The van der Waals surface area contributed by atoms with Crippen LogP contribution in [0.4, 0.5) is 5.13 Å². The molecule has 1 aromatic heterocycles. The molecule has 7 heteroatoms. The van der Waals surface area contributed by atoms with Gasteiger partial charge in [0.25, 0.3) is 0 Å². The highest BCUT2D eigenvalue weighted by molar-refractivity contribution is 7.09. The minimum Gasteiger partial charge on any atom is -0.497 e. The van der Waals surface area contributed by atoms with E-state index >= 15 is 0 Å². The average Bonchev–Trinajstić information content (AvgIpc) is 3.16. The second-order valence-corrected chi connectivity index (χ2v) is 6.48. The molecule has 124 valence electrons. The molecular weight excluding hydrogens is 312 g/mol. The van der Waals surface area contributed by atoms with E-state index in [1.165, 1.54) is 17.1 Å². The molecule has 1 fully saturated rings. The van der Waals surface area contributed by atoms with Crippen LogP contribution >= 0.6 is 11.5 Å². The van der Waals surface area contributed by atoms with E-state index in [1.54, 1.807) is 14.2 Å². The first-order valence-corrected chi connectivity index (χ1v) is 8.45. The maximum atomic E-state index is 5.34. The molecule has 0 unspecified atom stereocenters. The third-order valence-corrected chi connectivity index (χ3v) is 4.68. The van der Waals surface area contributed by atoms with Crippen LogP contribution in [-0.2, 0) is 6.54 Å². The number of methoxy groups -OCH3 is 2. The van der Waals surface area contributed by atoms with Crippen molar-refractivity contribution < 1.29 is 9.47 Å². The third-order valence-electron chi connectivity index (χ3n) is 3.94. The molecule has 1 aliphatic rings. The number of ether oxygens (including phenoxy) is 2. The molecule has 1 atom stereocenters. The molecule has 23 heavy (non-hydrogen) atoms. The summed E-state index contributed by atoms with van der Waals surface area (Å²) in [6.45, 7) is 4.87. The molecule has 6 nitrogen and oxygen atoms in total. The van der Waals surface area contributed by atoms with Gasteiger partial charge in [-0.1, -0.05) is 0 Å². The van der Waals surface area contributed by atoms with Gasteiger partial charge in [-0.2, -0.15) is 4.37 Å². The molecule has 2 heterocycles. The minimum atomic E-state index is 0.426. The number of rotatable bonds is 6. The highest BCUT2D eigenvalue weighted by atomic mass is 32.1. The summed E-state index contributed by atoms with van der Waals surface area (Å²) in [6, 6.07) is 6.46. The first kappa shape index (κ1) is 16.0. The van der Waals surface area contributed by atoms with E-state index in [0.29, 0.717) is 6.04 Å². The Bertz CT molecular complexity index is 639. The number of aryl methyl sites for hydroxylation is 1. The van der Waals surface area contributed by atoms with Crippen molar-refractivity contribution in [1.82, 2.24) is 14.3 Å². The van der Waals surface area contributed by atoms with Crippen LogP contribution in [0.1, 0.15) is 17.8 Å². The lowest BCUT2D eigenvalue weighted by Crippen LogP contribution is -2.25. The largest absolute Gasteiger partial charge is 0.497 e. The van der Waals surface area contributed by atoms with Crippen LogP contribution < -0.4 is 14.8 Å². The van der Waals surface area contributed by atoms with Crippen molar-refractivity contribution in [3.63, 3.8) is 0 Å². The summed E-state index contributed by atoms with van der Waals surface area (Å²) < 4.78 is 14.9. The molecule has 0 radical (unpaired) electrons. The van der Waals surface area contributed by atoms with Gasteiger partial charge in [0.05, 0.1) is 14.2 Å². The number of aromatic nitrogens is 2. The van der Waals surface area contributed by atoms with Crippen LogP contribution in [0.15, 0.2) is 18.2 Å². The number of benzene rings is 1. The topological polar surface area (TPSA) is 59.5 Å². The number of anilines is 1. The molecule has 0 bridgehead atoms. The van der Waals surface area contributed by atoms with Gasteiger partial charge in [0.15, 0.2) is 0 Å². The summed E-state index contributed by atoms with van der Waals surface area (Å²) in [7, 11) is 3.36. The van der Waals surface area contributed by atoms with Gasteiger partial charge >= 0.3 is 0 Å². The van der Waals surface area contributed by atoms with Crippen LogP contribution in [0.2, 0.25) is 0 Å². The van der Waals surface area contributed by atoms with Gasteiger partial charge in [0, 0.05) is 43.3 Å². The Kier molecular flexibility index (Phi) is 4.97. The molecule has 1 saturated heterocycles. The van der Waals surface area contributed by atoms with Crippen LogP contribution in [0, 0.1) is 6.92 Å². The lowest BCUT2D eigenvalue weighted by Gasteiger charge is -2.17. The zero-order chi connectivity index (χ0) is 16.2. The fraction of sp³-hybridized carbons (Fsp3) is 0.500. The summed E-state index contributed by atoms with van der Waals surface area (Å²) in [5, 5.41) is 4.39. The van der Waals surface area contributed by atoms with E-state index in [1.807, 2.05) is 13.0 Å². The first-order chi connectivity index (χ1) is 11.2. The van der Waals surface area contributed by atoms with Crippen molar-refractivity contribution in [2.45, 2.75) is 25.9 Å². The van der Waals surface area contributed by atoms with E-state index in [4.69, 9.17) is 9.47 Å². The number of nitrogens with one attached hydrogen (secondary N) is 1. The minimum absolute atomic E-state index is 0.426. The van der Waals surface area contributed by atoms with E-state index in [2.05, 4.69) is 31.7 Å². The summed E-state index contributed by atoms with van der Waals surface area (Å²) in [4.78, 5) is 6.80. The molecular formula is C16H22N4O2S. The lowest BCUT2D eigenvalue weighted by molar-refractivity contribution is 0.326. The maximum absolute atomic E-state index is 5.34. The van der Waals surface area contributed by atoms with Gasteiger partial charge in [-0.25, -0.2) is 4.98 Å². The highest BCUT2D eigenvalue weighted by Gasteiger charge is 2.23. The summed E-state index contributed by atoms with van der Waals surface area (Å²) in [5.74, 6) is 2.49. The maximum Gasteiger partial charge on any atom is 0.202 e. The Labute approximate surface area is 140 Å². The monoisotopic (exact) mass is 334 g/mol. The fourth-order valence-electron chi connectivity index (χ4n) is 2.84. The van der Waals surface area contributed by atoms with E-state index in [9.17, 15) is 0 Å². The number of hydrogen-bond donors (Lipinski definition) is 1. The van der Waals surface area contributed by atoms with Crippen molar-refractivity contribution in [2.24, 2.45) is 0 Å². The molecule has 1 N–H and O–H groups in total. The Morgan fingerprint density at radius 1 is 1.26 bits per heavy atom. The van der Waals surface area contributed by atoms with Gasteiger partial charge in [0.2, 0.25) is 5.13 Å². The fourth-order valence-corrected chi connectivity index (χ4v) is 3.49. The van der Waals surface area contributed by atoms with Gasteiger partial charge in [-0.3, -0.25) is 4.90 Å². The van der Waals surface area contributed by atoms with Crippen molar-refractivity contribution in [3.05, 3.63) is 29.6 Å². The Morgan fingerprint density at radius 2 is 2.00 bits per heavy atom. The Balaban J connectivity index is 1.59. The van der Waals surface area contributed by atoms with Gasteiger partial charge in [-0.15, -0.1) is 0 Å². The number of likely N-dealkylation sites (tertiary alicyclic amines) is 1. The van der Waals surface area contributed by atoms with E-state index < -0.39 is 0 Å². The number of hydrogen-bond acceptors (Lipinski definition) is 7. The first-order valence-electron chi connectivity index (χ1n) is 7.67. The zero-order valence-electron chi connectivity index (χ0n) is 13.7. The third kappa shape index (κ3) is 4.11. The van der Waals surface area contributed by atoms with Crippen molar-refractivity contribution in [2.75, 3.05) is 32.6 Å². The Morgan fingerprint density at radius 3 is 2.61 bits per heavy atom. The van der Waals surface area contributed by atoms with Gasteiger partial charge < -0.3 is 14.8 Å². The highest BCUT2D eigenvalue weighted by Crippen LogP contribution is 2.25. The van der Waals surface area contributed by atoms with Crippen molar-refractivity contribution >= 4 is 16.7 Å². The average molecular weight is 334 g/mol. The summed E-state index contributed by atoms with van der Waals surface area (Å²) in [6.07, 6.45) is 1.11. The molecule has 0 aliphatic carbocycles. The normalized spacial score (nSPS) is 18.1. The second-order valence-electron chi connectivity index (χ2n) is 5.73. The van der Waals surface area contributed by atoms with Crippen LogP contribution in [0.25, 0.3) is 0 Å². The molecule has 0 saturated carbocycles. The second kappa shape index (κ2) is 7.14. The molecule has 1 aromatic carbocycles. The summed E-state index contributed by atoms with van der Waals surface area (Å²) in [5.41, 5.74) is 1.20. The predicted octanol–water partition coefficient (Wildman–Crippen LogP) is 2.55. The number of nitrogens with zero attached hydrogens (tertiary/aromatic N) is 3. The lowest BCUT2D eigenvalue weighted by atomic mass is 10.2. The quantitative estimate of drug-likeness (QED) is 0.876. The Hall–Kier alpha value is -1.86. The van der Waals surface area contributed by atoms with Crippen LogP contribution in [-0.4, -0.2) is 47.6 Å². The van der Waals surface area contributed by atoms with Crippen LogP contribution in [0.3, 0.4) is 0 Å². The molecule has 1 aliphatic heterocycles. The van der Waals surface area contributed by atoms with Crippen molar-refractivity contribution in [1.29, 1.82) is 0 Å². The molecule has 2 aromatic rings. The molecule has 3 rings (SSSR count). The smallest absolute Gasteiger partial charge is 0.202 e. The summed E-state index contributed by atoms with van der Waals surface area (Å²) >= 11 is 1.43. The standard InChI is InChI=1S/C16H22N4O2S/c1-11-17-16(23-19-11)18-13-4-5-20(10-13)9-12-6-14(21-2)8-15(7-12)22-3/h6-8,13H,4-5,9-10H2,1-3H3,(H,17,18,19)/t13-/m1/s1. The predicted molar refractivity (Wildman–Crippen MR) is 91.5 cm³/mol. The van der Waals surface area contributed by atoms with E-state index in [-0.39, 0.29) is 0 Å². The van der Waals surface area contributed by atoms with Gasteiger partial charge in [0.1, 0.15) is 17.3 Å².